The lowest BCUT2D eigenvalue weighted by molar-refractivity contribution is 1.10. The van der Waals surface area contributed by atoms with E-state index >= 15 is 0 Å². The van der Waals surface area contributed by atoms with E-state index in [1.54, 1.807) is 23.9 Å². The Morgan fingerprint density at radius 2 is 2.33 bits per heavy atom. The molecular weight excluding hydrogens is 262 g/mol. The summed E-state index contributed by atoms with van der Waals surface area (Å²) >= 11 is 7.08. The Labute approximate surface area is 114 Å². The van der Waals surface area contributed by atoms with Gasteiger partial charge in [0.05, 0.1) is 28.0 Å². The molecule has 0 saturated carbocycles. The number of benzene rings is 1. The summed E-state index contributed by atoms with van der Waals surface area (Å²) in [6, 6.07) is 6.31. The molecular formula is C13H11N3S2. The summed E-state index contributed by atoms with van der Waals surface area (Å²) in [7, 11) is 0. The largest absolute Gasteiger partial charge is 0.300 e. The molecule has 0 aliphatic heterocycles. The normalized spacial score (nSPS) is 10.9. The fourth-order valence-corrected chi connectivity index (χ4v) is 3.19. The minimum atomic E-state index is 0.685. The van der Waals surface area contributed by atoms with Crippen LogP contribution in [0.5, 0.6) is 0 Å². The Bertz CT molecular complexity index is 698. The molecule has 0 fully saturated rings. The fraction of sp³-hybridized carbons (Fsp3) is 0.154. The van der Waals surface area contributed by atoms with E-state index in [9.17, 15) is 0 Å². The van der Waals surface area contributed by atoms with Gasteiger partial charge in [-0.3, -0.25) is 4.57 Å². The number of hydrogen-bond acceptors (Lipinski definition) is 4. The number of rotatable bonds is 2. The number of nitrogens with zero attached hydrogens (tertiary/aromatic N) is 3. The third kappa shape index (κ3) is 2.19. The standard InChI is InChI=1S/C13H11N3S2/c1-9-2-3-10-11(6-9)18-12(15-10)7-13(17)16-5-4-14-8-16/h2-6,8H,7H2,1H3. The van der Waals surface area contributed by atoms with Crippen molar-refractivity contribution in [1.82, 2.24) is 14.5 Å². The van der Waals surface area contributed by atoms with E-state index in [-0.39, 0.29) is 0 Å². The Hall–Kier alpha value is -1.59. The minimum absolute atomic E-state index is 0.685. The van der Waals surface area contributed by atoms with Gasteiger partial charge in [0, 0.05) is 12.4 Å². The number of thiazole rings is 1. The molecule has 0 aliphatic rings. The van der Waals surface area contributed by atoms with Crippen molar-refractivity contribution < 1.29 is 0 Å². The van der Waals surface area contributed by atoms with Crippen molar-refractivity contribution in [2.45, 2.75) is 13.3 Å². The van der Waals surface area contributed by atoms with E-state index in [1.165, 1.54) is 10.3 Å². The number of fused-ring (bicyclic) bond motifs is 1. The Balaban J connectivity index is 1.89. The van der Waals surface area contributed by atoms with Crippen molar-refractivity contribution >= 4 is 38.8 Å². The van der Waals surface area contributed by atoms with Gasteiger partial charge >= 0.3 is 0 Å². The van der Waals surface area contributed by atoms with Crippen LogP contribution >= 0.6 is 23.6 Å². The first-order chi connectivity index (χ1) is 8.72. The summed E-state index contributed by atoms with van der Waals surface area (Å²) in [5.41, 5.74) is 2.31. The van der Waals surface area contributed by atoms with Crippen LogP contribution in [0.2, 0.25) is 0 Å². The second kappa shape index (κ2) is 4.59. The summed E-state index contributed by atoms with van der Waals surface area (Å²) < 4.78 is 3.07. The van der Waals surface area contributed by atoms with Crippen LogP contribution in [0, 0.1) is 6.92 Å². The molecule has 0 spiro atoms. The zero-order chi connectivity index (χ0) is 12.5. The summed E-state index contributed by atoms with van der Waals surface area (Å²) in [4.78, 5) is 9.42. The number of thiocarbonyl (C=S) groups is 1. The van der Waals surface area contributed by atoms with Crippen LogP contribution in [0.15, 0.2) is 36.9 Å². The van der Waals surface area contributed by atoms with Crippen LogP contribution in [-0.2, 0) is 6.42 Å². The van der Waals surface area contributed by atoms with Gasteiger partial charge in [-0.15, -0.1) is 11.3 Å². The van der Waals surface area contributed by atoms with Gasteiger partial charge in [0.15, 0.2) is 0 Å². The first-order valence-corrected chi connectivity index (χ1v) is 6.82. The highest BCUT2D eigenvalue weighted by atomic mass is 32.1. The average molecular weight is 273 g/mol. The van der Waals surface area contributed by atoms with Gasteiger partial charge in [0.1, 0.15) is 5.01 Å². The molecule has 0 radical (unpaired) electrons. The summed E-state index contributed by atoms with van der Waals surface area (Å²) in [5, 5.41) is 1.05. The highest BCUT2D eigenvalue weighted by Gasteiger charge is 2.07. The van der Waals surface area contributed by atoms with Crippen LogP contribution in [-0.4, -0.2) is 19.5 Å². The van der Waals surface area contributed by atoms with Crippen molar-refractivity contribution in [2.24, 2.45) is 0 Å². The molecule has 0 unspecified atom stereocenters. The highest BCUT2D eigenvalue weighted by molar-refractivity contribution is 7.80. The van der Waals surface area contributed by atoms with E-state index in [0.29, 0.717) is 6.42 Å². The molecule has 0 bridgehead atoms. The smallest absolute Gasteiger partial charge is 0.101 e. The molecule has 3 nitrogen and oxygen atoms in total. The van der Waals surface area contributed by atoms with Gasteiger partial charge in [-0.2, -0.15) is 0 Å². The maximum absolute atomic E-state index is 5.38. The number of imidazole rings is 1. The first-order valence-electron chi connectivity index (χ1n) is 5.59. The molecule has 0 atom stereocenters. The Morgan fingerprint density at radius 3 is 3.11 bits per heavy atom. The van der Waals surface area contributed by atoms with Gasteiger partial charge in [-0.25, -0.2) is 9.97 Å². The van der Waals surface area contributed by atoms with Crippen molar-refractivity contribution in [1.29, 1.82) is 0 Å². The van der Waals surface area contributed by atoms with Gasteiger partial charge in [0.2, 0.25) is 0 Å². The van der Waals surface area contributed by atoms with Gasteiger partial charge in [-0.05, 0) is 24.6 Å². The van der Waals surface area contributed by atoms with E-state index in [1.807, 2.05) is 10.8 Å². The predicted octanol–water partition coefficient (Wildman–Crippen LogP) is 3.22. The molecule has 0 saturated heterocycles. The monoisotopic (exact) mass is 273 g/mol. The Morgan fingerprint density at radius 1 is 1.44 bits per heavy atom. The SMILES string of the molecule is Cc1ccc2nc(CC(=S)n3ccnc3)sc2c1. The molecule has 3 aromatic rings. The first kappa shape index (κ1) is 11.5. The van der Waals surface area contributed by atoms with Gasteiger partial charge in [0.25, 0.3) is 0 Å². The van der Waals surface area contributed by atoms with Crippen LogP contribution in [0.4, 0.5) is 0 Å². The second-order valence-corrected chi connectivity index (χ2v) is 5.71. The summed E-state index contributed by atoms with van der Waals surface area (Å²) in [5.74, 6) is 0. The van der Waals surface area contributed by atoms with E-state index in [0.717, 1.165) is 15.5 Å². The minimum Gasteiger partial charge on any atom is -0.300 e. The van der Waals surface area contributed by atoms with Crippen LogP contribution in [0.25, 0.3) is 10.2 Å². The third-order valence-corrected chi connectivity index (χ3v) is 4.06. The van der Waals surface area contributed by atoms with Crippen LogP contribution in [0.3, 0.4) is 0 Å². The van der Waals surface area contributed by atoms with Gasteiger partial charge in [-0.1, -0.05) is 18.3 Å². The zero-order valence-electron chi connectivity index (χ0n) is 9.83. The molecule has 0 amide bonds. The highest BCUT2D eigenvalue weighted by Crippen LogP contribution is 2.23. The molecule has 18 heavy (non-hydrogen) atoms. The molecule has 5 heteroatoms. The lowest BCUT2D eigenvalue weighted by atomic mass is 10.2. The Kier molecular flexibility index (Phi) is 2.93. The van der Waals surface area contributed by atoms with E-state index in [2.05, 4.69) is 35.1 Å². The second-order valence-electron chi connectivity index (χ2n) is 4.12. The summed E-state index contributed by atoms with van der Waals surface area (Å²) in [6.45, 7) is 2.09. The molecule has 2 heterocycles. The fourth-order valence-electron chi connectivity index (χ4n) is 1.78. The quantitative estimate of drug-likeness (QED) is 0.672. The lowest BCUT2D eigenvalue weighted by Gasteiger charge is -2.00. The molecule has 3 rings (SSSR count). The molecule has 0 N–H and O–H groups in total. The molecule has 1 aromatic carbocycles. The van der Waals surface area contributed by atoms with E-state index < -0.39 is 0 Å². The van der Waals surface area contributed by atoms with Crippen molar-refractivity contribution in [3.8, 4) is 0 Å². The number of aryl methyl sites for hydroxylation is 1. The maximum Gasteiger partial charge on any atom is 0.101 e. The molecule has 2 aromatic heterocycles. The molecule has 90 valence electrons. The van der Waals surface area contributed by atoms with Crippen LogP contribution < -0.4 is 0 Å². The van der Waals surface area contributed by atoms with Crippen molar-refractivity contribution in [3.63, 3.8) is 0 Å². The zero-order valence-corrected chi connectivity index (χ0v) is 11.5. The average Bonchev–Trinajstić information content (AvgIpc) is 2.95. The summed E-state index contributed by atoms with van der Waals surface area (Å²) in [6.07, 6.45) is 6.00. The predicted molar refractivity (Wildman–Crippen MR) is 78.3 cm³/mol. The maximum atomic E-state index is 5.38. The third-order valence-electron chi connectivity index (χ3n) is 2.68. The van der Waals surface area contributed by atoms with Gasteiger partial charge < -0.3 is 0 Å². The van der Waals surface area contributed by atoms with E-state index in [4.69, 9.17) is 12.2 Å². The van der Waals surface area contributed by atoms with Crippen molar-refractivity contribution in [3.05, 3.63) is 47.5 Å². The topological polar surface area (TPSA) is 30.7 Å². The molecule has 0 aliphatic carbocycles. The number of hydrogen-bond donors (Lipinski definition) is 0. The number of aromatic nitrogens is 3. The van der Waals surface area contributed by atoms with Crippen LogP contribution in [0.1, 0.15) is 10.6 Å². The van der Waals surface area contributed by atoms with Crippen molar-refractivity contribution in [2.75, 3.05) is 0 Å². The lowest BCUT2D eigenvalue weighted by Crippen LogP contribution is -2.09.